The number of rotatable bonds is 3. The number of aryl methyl sites for hydroxylation is 1. The van der Waals surface area contributed by atoms with E-state index in [1.165, 1.54) is 17.5 Å². The van der Waals surface area contributed by atoms with Crippen LogP contribution in [-0.4, -0.2) is 24.8 Å². The molecule has 4 fully saturated rings. The Labute approximate surface area is 140 Å². The molecule has 0 spiro atoms. The maximum absolute atomic E-state index is 6.45. The van der Waals surface area contributed by atoms with Crippen LogP contribution in [0.2, 0.25) is 0 Å². The van der Waals surface area contributed by atoms with Crippen LogP contribution in [0.15, 0.2) is 24.3 Å². The Hall–Kier alpha value is -0.835. The summed E-state index contributed by atoms with van der Waals surface area (Å²) in [6.45, 7) is 9.12. The van der Waals surface area contributed by atoms with Gasteiger partial charge in [0.25, 0.3) is 0 Å². The van der Waals surface area contributed by atoms with E-state index in [9.17, 15) is 0 Å². The lowest BCUT2D eigenvalue weighted by molar-refractivity contribution is -0.199. The van der Waals surface area contributed by atoms with Crippen LogP contribution in [0.1, 0.15) is 44.7 Å². The summed E-state index contributed by atoms with van der Waals surface area (Å²) in [4.78, 5) is 0. The van der Waals surface area contributed by atoms with Gasteiger partial charge < -0.3 is 15.0 Å². The molecule has 1 heterocycles. The molecule has 0 aromatic heterocycles. The molecular formula is C19H28BNO2. The Kier molecular flexibility index (Phi) is 3.46. The smallest absolute Gasteiger partial charge is 0.404 e. The maximum Gasteiger partial charge on any atom is 0.475 e. The van der Waals surface area contributed by atoms with Gasteiger partial charge in [0.05, 0.1) is 11.7 Å². The van der Waals surface area contributed by atoms with E-state index in [2.05, 4.69) is 52.0 Å². The Morgan fingerprint density at radius 1 is 1.22 bits per heavy atom. The van der Waals surface area contributed by atoms with Gasteiger partial charge in [0.1, 0.15) is 0 Å². The molecule has 1 saturated heterocycles. The topological polar surface area (TPSA) is 44.5 Å². The molecule has 1 aromatic rings. The van der Waals surface area contributed by atoms with Crippen LogP contribution in [0, 0.1) is 24.2 Å². The van der Waals surface area contributed by atoms with Gasteiger partial charge in [0, 0.05) is 5.94 Å². The minimum absolute atomic E-state index is 0.111. The van der Waals surface area contributed by atoms with Crippen LogP contribution in [0.5, 0.6) is 0 Å². The molecule has 0 radical (unpaired) electrons. The first-order valence-corrected chi connectivity index (χ1v) is 8.95. The van der Waals surface area contributed by atoms with Crippen molar-refractivity contribution in [2.24, 2.45) is 23.0 Å². The summed E-state index contributed by atoms with van der Waals surface area (Å²) in [6.07, 6.45) is 3.41. The van der Waals surface area contributed by atoms with Crippen LogP contribution in [0.4, 0.5) is 0 Å². The van der Waals surface area contributed by atoms with Gasteiger partial charge in [-0.3, -0.25) is 0 Å². The minimum Gasteiger partial charge on any atom is -0.404 e. The summed E-state index contributed by atoms with van der Waals surface area (Å²) in [7, 11) is -0.276. The SMILES string of the molecule is Cc1ccc(C[C@H](N)B2OC3C[C@@H]4C[C@@H](C4(C)C)[C@]3(C)O2)cc1. The second kappa shape index (κ2) is 5.08. The van der Waals surface area contributed by atoms with E-state index in [0.29, 0.717) is 11.3 Å². The second-order valence-electron chi connectivity index (χ2n) is 8.69. The first-order valence-electron chi connectivity index (χ1n) is 8.95. The molecule has 1 aromatic carbocycles. The molecule has 5 atom stereocenters. The highest BCUT2D eigenvalue weighted by Crippen LogP contribution is 2.65. The van der Waals surface area contributed by atoms with E-state index in [1.807, 2.05) is 0 Å². The fourth-order valence-corrected chi connectivity index (χ4v) is 5.17. The molecule has 4 aliphatic rings. The Balaban J connectivity index is 1.47. The lowest BCUT2D eigenvalue weighted by atomic mass is 9.43. The lowest BCUT2D eigenvalue weighted by Gasteiger charge is -2.64. The molecule has 124 valence electrons. The van der Waals surface area contributed by atoms with Crippen molar-refractivity contribution in [2.75, 3.05) is 0 Å². The largest absolute Gasteiger partial charge is 0.475 e. The van der Waals surface area contributed by atoms with Crippen molar-refractivity contribution < 1.29 is 9.31 Å². The van der Waals surface area contributed by atoms with E-state index < -0.39 is 0 Å². The van der Waals surface area contributed by atoms with E-state index in [0.717, 1.165) is 18.8 Å². The standard InChI is InChI=1S/C19H28BNO2/c1-12-5-7-13(8-6-12)9-17(21)20-22-16-11-14-10-15(18(14,2)3)19(16,4)23-20/h5-8,14-17H,9-11,21H2,1-4H3/t14-,15-,16?,17-,19-/m0/s1. The Morgan fingerprint density at radius 3 is 2.57 bits per heavy atom. The van der Waals surface area contributed by atoms with E-state index in [-0.39, 0.29) is 24.8 Å². The van der Waals surface area contributed by atoms with Crippen molar-refractivity contribution in [1.82, 2.24) is 0 Å². The average molecular weight is 313 g/mol. The number of hydrogen-bond donors (Lipinski definition) is 1. The van der Waals surface area contributed by atoms with Gasteiger partial charge in [-0.25, -0.2) is 0 Å². The lowest BCUT2D eigenvalue weighted by Crippen LogP contribution is -2.65. The molecule has 5 rings (SSSR count). The fourth-order valence-electron chi connectivity index (χ4n) is 5.17. The van der Waals surface area contributed by atoms with Gasteiger partial charge in [0.2, 0.25) is 0 Å². The second-order valence-corrected chi connectivity index (χ2v) is 8.69. The van der Waals surface area contributed by atoms with E-state index in [1.54, 1.807) is 0 Å². The Bertz CT molecular complexity index is 602. The number of nitrogens with two attached hydrogens (primary N) is 1. The first kappa shape index (κ1) is 15.7. The highest BCUT2D eigenvalue weighted by Gasteiger charge is 2.68. The number of benzene rings is 1. The highest BCUT2D eigenvalue weighted by atomic mass is 16.7. The third kappa shape index (κ3) is 2.30. The quantitative estimate of drug-likeness (QED) is 0.872. The van der Waals surface area contributed by atoms with Gasteiger partial charge in [-0.05, 0) is 55.9 Å². The molecule has 1 aliphatic heterocycles. The average Bonchev–Trinajstić information content (AvgIpc) is 2.86. The highest BCUT2D eigenvalue weighted by molar-refractivity contribution is 6.47. The summed E-state index contributed by atoms with van der Waals surface area (Å²) < 4.78 is 12.7. The molecular weight excluding hydrogens is 285 g/mol. The molecule has 3 saturated carbocycles. The molecule has 23 heavy (non-hydrogen) atoms. The van der Waals surface area contributed by atoms with Crippen molar-refractivity contribution in [1.29, 1.82) is 0 Å². The van der Waals surface area contributed by atoms with Crippen LogP contribution < -0.4 is 5.73 Å². The molecule has 3 aliphatic carbocycles. The predicted molar refractivity (Wildman–Crippen MR) is 93.0 cm³/mol. The summed E-state index contributed by atoms with van der Waals surface area (Å²) in [5.41, 5.74) is 9.18. The predicted octanol–water partition coefficient (Wildman–Crippen LogP) is 3.13. The summed E-state index contributed by atoms with van der Waals surface area (Å²) in [5, 5.41) is 0. The summed E-state index contributed by atoms with van der Waals surface area (Å²) in [5.74, 6) is 1.26. The van der Waals surface area contributed by atoms with Crippen LogP contribution in [0.3, 0.4) is 0 Å². The van der Waals surface area contributed by atoms with Crippen molar-refractivity contribution in [3.63, 3.8) is 0 Å². The third-order valence-electron chi connectivity index (χ3n) is 6.91. The third-order valence-corrected chi connectivity index (χ3v) is 6.91. The Morgan fingerprint density at radius 2 is 1.91 bits per heavy atom. The van der Waals surface area contributed by atoms with Gasteiger partial charge in [-0.2, -0.15) is 0 Å². The van der Waals surface area contributed by atoms with Crippen molar-refractivity contribution in [3.8, 4) is 0 Å². The van der Waals surface area contributed by atoms with Gasteiger partial charge >= 0.3 is 7.12 Å². The molecule has 3 nitrogen and oxygen atoms in total. The van der Waals surface area contributed by atoms with Crippen molar-refractivity contribution in [3.05, 3.63) is 35.4 Å². The van der Waals surface area contributed by atoms with E-state index >= 15 is 0 Å². The monoisotopic (exact) mass is 313 g/mol. The normalized spacial score (nSPS) is 38.8. The zero-order chi connectivity index (χ0) is 16.4. The van der Waals surface area contributed by atoms with E-state index in [4.69, 9.17) is 15.0 Å². The first-order chi connectivity index (χ1) is 10.8. The molecule has 4 heteroatoms. The van der Waals surface area contributed by atoms with Gasteiger partial charge in [0.15, 0.2) is 0 Å². The van der Waals surface area contributed by atoms with Gasteiger partial charge in [-0.1, -0.05) is 43.7 Å². The van der Waals surface area contributed by atoms with Crippen molar-refractivity contribution >= 4 is 7.12 Å². The maximum atomic E-state index is 6.45. The fraction of sp³-hybridized carbons (Fsp3) is 0.684. The molecule has 1 unspecified atom stereocenters. The van der Waals surface area contributed by atoms with Gasteiger partial charge in [-0.15, -0.1) is 0 Å². The minimum atomic E-state index is -0.276. The molecule has 2 N–H and O–H groups in total. The molecule has 0 amide bonds. The number of hydrogen-bond acceptors (Lipinski definition) is 3. The summed E-state index contributed by atoms with van der Waals surface area (Å²) >= 11 is 0. The van der Waals surface area contributed by atoms with Crippen molar-refractivity contribution in [2.45, 2.75) is 64.6 Å². The van der Waals surface area contributed by atoms with Crippen LogP contribution >= 0.6 is 0 Å². The van der Waals surface area contributed by atoms with Crippen LogP contribution in [0.25, 0.3) is 0 Å². The zero-order valence-corrected chi connectivity index (χ0v) is 14.7. The zero-order valence-electron chi connectivity index (χ0n) is 14.7. The summed E-state index contributed by atoms with van der Waals surface area (Å²) in [6, 6.07) is 8.57. The van der Waals surface area contributed by atoms with Crippen LogP contribution in [-0.2, 0) is 15.7 Å². The molecule has 2 bridgehead atoms.